The number of carbonyl (C=O) groups excluding carboxylic acids is 1. The van der Waals surface area contributed by atoms with Gasteiger partial charge in [0.2, 0.25) is 0 Å². The van der Waals surface area contributed by atoms with Gasteiger partial charge in [0, 0.05) is 11.7 Å². The molecule has 26 heavy (non-hydrogen) atoms. The Morgan fingerprint density at radius 1 is 1.15 bits per heavy atom. The fourth-order valence-electron chi connectivity index (χ4n) is 3.66. The van der Waals surface area contributed by atoms with E-state index in [1.165, 1.54) is 0 Å². The molecule has 1 atom stereocenters. The predicted molar refractivity (Wildman–Crippen MR) is 94.5 cm³/mol. The van der Waals surface area contributed by atoms with Crippen molar-refractivity contribution in [2.75, 3.05) is 5.32 Å². The molecule has 6 heteroatoms. The molecule has 1 fully saturated rings. The van der Waals surface area contributed by atoms with E-state index in [9.17, 15) is 13.6 Å². The number of nitrogens with zero attached hydrogens (tertiary/aromatic N) is 1. The minimum absolute atomic E-state index is 0.00932. The van der Waals surface area contributed by atoms with Crippen LogP contribution in [0.2, 0.25) is 0 Å². The molecule has 0 unspecified atom stereocenters. The van der Waals surface area contributed by atoms with Crippen molar-refractivity contribution in [1.82, 2.24) is 4.90 Å². The Hall–Kier alpha value is -2.63. The molecule has 0 aromatic heterocycles. The second-order valence-electron chi connectivity index (χ2n) is 6.90. The van der Waals surface area contributed by atoms with Gasteiger partial charge in [-0.25, -0.2) is 0 Å². The molecule has 4 nitrogen and oxygen atoms in total. The van der Waals surface area contributed by atoms with E-state index >= 15 is 0 Å². The van der Waals surface area contributed by atoms with Gasteiger partial charge in [0.15, 0.2) is 0 Å². The third kappa shape index (κ3) is 2.89. The molecule has 2 aliphatic rings. The van der Waals surface area contributed by atoms with E-state index < -0.39 is 6.61 Å². The van der Waals surface area contributed by atoms with Crippen LogP contribution in [0.25, 0.3) is 0 Å². The number of rotatable bonds is 4. The number of amides is 1. The largest absolute Gasteiger partial charge is 0.434 e. The number of anilines is 1. The van der Waals surface area contributed by atoms with Crippen LogP contribution in [-0.2, 0) is 0 Å². The first kappa shape index (κ1) is 16.8. The fraction of sp³-hybridized carbons (Fsp3) is 0.350. The summed E-state index contributed by atoms with van der Waals surface area (Å²) in [4.78, 5) is 14.9. The van der Waals surface area contributed by atoms with E-state index in [1.807, 2.05) is 41.3 Å². The summed E-state index contributed by atoms with van der Waals surface area (Å²) in [6, 6.07) is 11.3. The van der Waals surface area contributed by atoms with Crippen molar-refractivity contribution in [3.8, 4) is 5.75 Å². The lowest BCUT2D eigenvalue weighted by atomic mass is 9.99. The van der Waals surface area contributed by atoms with Crippen LogP contribution >= 0.6 is 0 Å². The quantitative estimate of drug-likeness (QED) is 0.866. The summed E-state index contributed by atoms with van der Waals surface area (Å²) in [5, 5.41) is 3.45. The van der Waals surface area contributed by atoms with Crippen molar-refractivity contribution in [2.24, 2.45) is 0 Å². The van der Waals surface area contributed by atoms with Gasteiger partial charge in [-0.1, -0.05) is 12.1 Å². The highest BCUT2D eigenvalue weighted by molar-refractivity contribution is 6.02. The molecule has 0 radical (unpaired) electrons. The van der Waals surface area contributed by atoms with Gasteiger partial charge in [-0.2, -0.15) is 8.78 Å². The average molecular weight is 358 g/mol. The third-order valence-electron chi connectivity index (χ3n) is 4.91. The number of hydrogen-bond acceptors (Lipinski definition) is 3. The Balaban J connectivity index is 1.75. The monoisotopic (exact) mass is 358 g/mol. The normalized spacial score (nSPS) is 19.3. The molecule has 0 bridgehead atoms. The van der Waals surface area contributed by atoms with Crippen molar-refractivity contribution < 1.29 is 18.3 Å². The van der Waals surface area contributed by atoms with Crippen LogP contribution in [0.5, 0.6) is 5.75 Å². The van der Waals surface area contributed by atoms with Crippen LogP contribution in [0.15, 0.2) is 36.4 Å². The van der Waals surface area contributed by atoms with Gasteiger partial charge >= 0.3 is 6.61 Å². The fourth-order valence-corrected chi connectivity index (χ4v) is 3.66. The standard InChI is InChI=1S/C20H20F2N2O2/c1-11-9-13(10-12(2)17(11)26-20(21)22)18-23-16-6-4-3-5-15(16)19(25)24(18)14-7-8-14/h3-6,9-10,14,18,20,23H,7-8H2,1-2H3/t18-/m1/s1. The molecular formula is C20H20F2N2O2. The molecule has 1 amide bonds. The van der Waals surface area contributed by atoms with Crippen molar-refractivity contribution in [3.63, 3.8) is 0 Å². The zero-order chi connectivity index (χ0) is 18.4. The number of nitrogens with one attached hydrogen (secondary N) is 1. The molecule has 2 aromatic rings. The van der Waals surface area contributed by atoms with Crippen LogP contribution < -0.4 is 10.1 Å². The van der Waals surface area contributed by atoms with Gasteiger partial charge < -0.3 is 15.0 Å². The van der Waals surface area contributed by atoms with Gasteiger partial charge in [-0.15, -0.1) is 0 Å². The Kier molecular flexibility index (Phi) is 4.05. The molecule has 1 heterocycles. The van der Waals surface area contributed by atoms with E-state index in [1.54, 1.807) is 13.8 Å². The minimum atomic E-state index is -2.86. The van der Waals surface area contributed by atoms with Gasteiger partial charge in [0.05, 0.1) is 5.56 Å². The Labute approximate surface area is 150 Å². The molecule has 4 rings (SSSR count). The number of benzene rings is 2. The first-order chi connectivity index (χ1) is 12.5. The summed E-state index contributed by atoms with van der Waals surface area (Å²) in [5.74, 6) is 0.208. The second kappa shape index (κ2) is 6.27. The van der Waals surface area contributed by atoms with E-state index in [0.29, 0.717) is 16.7 Å². The minimum Gasteiger partial charge on any atom is -0.434 e. The number of halogens is 2. The maximum absolute atomic E-state index is 13.0. The highest BCUT2D eigenvalue weighted by Gasteiger charge is 2.42. The van der Waals surface area contributed by atoms with Crippen molar-refractivity contribution >= 4 is 11.6 Å². The van der Waals surface area contributed by atoms with Crippen LogP contribution in [0.3, 0.4) is 0 Å². The van der Waals surface area contributed by atoms with Gasteiger partial charge in [0.25, 0.3) is 5.91 Å². The zero-order valence-corrected chi connectivity index (χ0v) is 14.6. The van der Waals surface area contributed by atoms with Crippen LogP contribution in [0.4, 0.5) is 14.5 Å². The molecule has 0 saturated heterocycles. The van der Waals surface area contributed by atoms with E-state index in [0.717, 1.165) is 24.1 Å². The summed E-state index contributed by atoms with van der Waals surface area (Å²) in [5.41, 5.74) is 3.59. The third-order valence-corrected chi connectivity index (χ3v) is 4.91. The summed E-state index contributed by atoms with van der Waals surface area (Å²) in [7, 11) is 0. The second-order valence-corrected chi connectivity index (χ2v) is 6.90. The highest BCUT2D eigenvalue weighted by Crippen LogP contribution is 2.42. The molecule has 1 saturated carbocycles. The first-order valence-corrected chi connectivity index (χ1v) is 8.70. The van der Waals surface area contributed by atoms with Crippen LogP contribution in [-0.4, -0.2) is 23.5 Å². The lowest BCUT2D eigenvalue weighted by molar-refractivity contribution is -0.0507. The van der Waals surface area contributed by atoms with E-state index in [2.05, 4.69) is 10.1 Å². The number of aryl methyl sites for hydroxylation is 2. The Morgan fingerprint density at radius 2 is 1.81 bits per heavy atom. The summed E-state index contributed by atoms with van der Waals surface area (Å²) in [6.45, 7) is 0.630. The smallest absolute Gasteiger partial charge is 0.387 e. The van der Waals surface area contributed by atoms with Gasteiger partial charge in [0.1, 0.15) is 11.9 Å². The summed E-state index contributed by atoms with van der Waals surface area (Å²) in [6.07, 6.45) is 1.65. The molecule has 1 aliphatic heterocycles. The van der Waals surface area contributed by atoms with Gasteiger partial charge in [-0.05, 0) is 67.6 Å². The molecule has 136 valence electrons. The van der Waals surface area contributed by atoms with E-state index in [-0.39, 0.29) is 23.9 Å². The molecule has 2 aromatic carbocycles. The summed E-state index contributed by atoms with van der Waals surface area (Å²) >= 11 is 0. The molecule has 1 N–H and O–H groups in total. The highest BCUT2D eigenvalue weighted by atomic mass is 19.3. The molecule has 0 spiro atoms. The maximum Gasteiger partial charge on any atom is 0.387 e. The molecular weight excluding hydrogens is 338 g/mol. The Bertz CT molecular complexity index is 842. The number of fused-ring (bicyclic) bond motifs is 1. The topological polar surface area (TPSA) is 41.6 Å². The van der Waals surface area contributed by atoms with Crippen molar-refractivity contribution in [3.05, 3.63) is 58.7 Å². The Morgan fingerprint density at radius 3 is 2.42 bits per heavy atom. The SMILES string of the molecule is Cc1cc([C@@H]2Nc3ccccc3C(=O)N2C2CC2)cc(C)c1OC(F)F. The van der Waals surface area contributed by atoms with Gasteiger partial charge in [-0.3, -0.25) is 4.79 Å². The number of hydrogen-bond donors (Lipinski definition) is 1. The maximum atomic E-state index is 13.0. The van der Waals surface area contributed by atoms with Crippen LogP contribution in [0, 0.1) is 13.8 Å². The predicted octanol–water partition coefficient (Wildman–Crippen LogP) is 4.63. The number of para-hydroxylation sites is 1. The zero-order valence-electron chi connectivity index (χ0n) is 14.6. The average Bonchev–Trinajstić information content (AvgIpc) is 3.42. The molecule has 1 aliphatic carbocycles. The first-order valence-electron chi connectivity index (χ1n) is 8.70. The number of carbonyl (C=O) groups is 1. The number of alkyl halides is 2. The summed E-state index contributed by atoms with van der Waals surface area (Å²) < 4.78 is 29.9. The number of ether oxygens (including phenoxy) is 1. The van der Waals surface area contributed by atoms with Crippen LogP contribution in [0.1, 0.15) is 46.1 Å². The lowest BCUT2D eigenvalue weighted by Gasteiger charge is -2.38. The van der Waals surface area contributed by atoms with E-state index in [4.69, 9.17) is 0 Å². The lowest BCUT2D eigenvalue weighted by Crippen LogP contribution is -2.44. The van der Waals surface area contributed by atoms with Crippen molar-refractivity contribution in [1.29, 1.82) is 0 Å². The van der Waals surface area contributed by atoms with Crippen molar-refractivity contribution in [2.45, 2.75) is 45.5 Å².